The van der Waals surface area contributed by atoms with Gasteiger partial charge in [-0.15, -0.1) is 0 Å². The summed E-state index contributed by atoms with van der Waals surface area (Å²) in [6.45, 7) is 4.66. The summed E-state index contributed by atoms with van der Waals surface area (Å²) < 4.78 is 127. The van der Waals surface area contributed by atoms with E-state index in [-0.39, 0.29) is 19.6 Å². The third-order valence-corrected chi connectivity index (χ3v) is 12.2. The van der Waals surface area contributed by atoms with Crippen molar-refractivity contribution < 1.29 is 50.4 Å². The summed E-state index contributed by atoms with van der Waals surface area (Å²) in [7, 11) is -18.6. The highest BCUT2D eigenvalue weighted by molar-refractivity contribution is 7.87. The summed E-state index contributed by atoms with van der Waals surface area (Å²) in [6, 6.07) is 21.9. The van der Waals surface area contributed by atoms with Gasteiger partial charge in [0.2, 0.25) is 0 Å². The summed E-state index contributed by atoms with van der Waals surface area (Å²) in [5, 5.41) is 0. The van der Waals surface area contributed by atoms with Gasteiger partial charge in [0.05, 0.1) is 32.8 Å². The molecular weight excluding hydrogens is 705 g/mol. The molecule has 16 heteroatoms. The first-order valence-electron chi connectivity index (χ1n) is 14.3. The van der Waals surface area contributed by atoms with Gasteiger partial charge in [0.25, 0.3) is 40.5 Å². The average Bonchev–Trinajstić information content (AvgIpc) is 3.02. The van der Waals surface area contributed by atoms with E-state index in [0.717, 1.165) is 22.3 Å². The van der Waals surface area contributed by atoms with Crippen LogP contribution in [0.1, 0.15) is 22.3 Å². The molecule has 0 radical (unpaired) electrons. The van der Waals surface area contributed by atoms with Gasteiger partial charge in [-0.25, -0.2) is 0 Å². The minimum Gasteiger partial charge on any atom is -0.263 e. The molecule has 0 fully saturated rings. The van der Waals surface area contributed by atoms with Crippen molar-refractivity contribution in [3.8, 4) is 0 Å². The van der Waals surface area contributed by atoms with Gasteiger partial charge in [-0.05, 0) is 76.2 Å². The smallest absolute Gasteiger partial charge is 0.263 e. The molecule has 4 aromatic rings. The molecule has 12 nitrogen and oxygen atoms in total. The van der Waals surface area contributed by atoms with E-state index in [9.17, 15) is 33.7 Å². The van der Waals surface area contributed by atoms with Crippen molar-refractivity contribution in [1.29, 1.82) is 0 Å². The highest BCUT2D eigenvalue weighted by Crippen LogP contribution is 2.25. The minimum absolute atomic E-state index is 0.281. The largest absolute Gasteiger partial charge is 0.297 e. The fourth-order valence-electron chi connectivity index (χ4n) is 4.10. The summed E-state index contributed by atoms with van der Waals surface area (Å²) in [4.78, 5) is -1.27. The van der Waals surface area contributed by atoms with Crippen LogP contribution in [0.5, 0.6) is 0 Å². The van der Waals surface area contributed by atoms with Crippen molar-refractivity contribution >= 4 is 40.5 Å². The molecule has 0 amide bonds. The third-order valence-electron chi connectivity index (χ3n) is 6.93. The molecule has 258 valence electrons. The lowest BCUT2D eigenvalue weighted by atomic mass is 10.2. The second kappa shape index (κ2) is 15.0. The summed E-state index contributed by atoms with van der Waals surface area (Å²) in [5.74, 6) is 0. The minimum atomic E-state index is -4.75. The number of aryl methyl sites for hydroxylation is 4. The van der Waals surface area contributed by atoms with E-state index in [1.807, 2.05) is 0 Å². The van der Waals surface area contributed by atoms with Crippen LogP contribution in [0.3, 0.4) is 0 Å². The predicted octanol–water partition coefficient (Wildman–Crippen LogP) is 4.58. The van der Waals surface area contributed by atoms with Crippen molar-refractivity contribution in [2.45, 2.75) is 59.5 Å². The molecule has 0 aromatic heterocycles. The normalized spacial score (nSPS) is 14.0. The maximum atomic E-state index is 13.4. The van der Waals surface area contributed by atoms with Crippen LogP contribution in [0.25, 0.3) is 0 Å². The third kappa shape index (κ3) is 9.79. The number of hydrogen-bond acceptors (Lipinski definition) is 12. The van der Waals surface area contributed by atoms with Crippen LogP contribution in [-0.4, -0.2) is 59.1 Å². The van der Waals surface area contributed by atoms with Crippen LogP contribution in [0.2, 0.25) is 0 Å². The van der Waals surface area contributed by atoms with Gasteiger partial charge in [0, 0.05) is 0 Å². The Balaban J connectivity index is 1.76. The standard InChI is InChI=1S/C32H34O12S4/c1-23-5-13-27(14-6-23)45(33,34)41-21-31(43-47(37,38)29-17-9-25(3)10-18-29)32(44-48(39,40)30-19-11-26(4)12-20-30)22-42-46(35,36)28-15-7-24(2)8-16-28/h5-20,31-32H,21-22H2,1-4H3/t31-,32+. The highest BCUT2D eigenvalue weighted by atomic mass is 32.2. The first-order chi connectivity index (χ1) is 22.4. The Bertz CT molecular complexity index is 1990. The van der Waals surface area contributed by atoms with Crippen LogP contribution in [0.4, 0.5) is 0 Å². The molecule has 0 heterocycles. The maximum absolute atomic E-state index is 13.4. The van der Waals surface area contributed by atoms with Crippen LogP contribution < -0.4 is 0 Å². The number of hydrogen-bond donors (Lipinski definition) is 0. The predicted molar refractivity (Wildman–Crippen MR) is 175 cm³/mol. The molecule has 0 aliphatic heterocycles. The monoisotopic (exact) mass is 738 g/mol. The van der Waals surface area contributed by atoms with Gasteiger partial charge >= 0.3 is 0 Å². The lowest BCUT2D eigenvalue weighted by Crippen LogP contribution is -2.42. The Morgan fingerprint density at radius 1 is 0.375 bits per heavy atom. The van der Waals surface area contributed by atoms with E-state index < -0.39 is 65.9 Å². The Hall–Kier alpha value is -3.48. The number of benzene rings is 4. The molecule has 0 aliphatic carbocycles. The topological polar surface area (TPSA) is 173 Å². The molecule has 0 saturated carbocycles. The molecule has 0 aliphatic rings. The molecule has 4 rings (SSSR count). The zero-order valence-corrected chi connectivity index (χ0v) is 29.6. The van der Waals surface area contributed by atoms with E-state index >= 15 is 0 Å². The first-order valence-corrected chi connectivity index (χ1v) is 19.9. The van der Waals surface area contributed by atoms with Crippen molar-refractivity contribution in [2.24, 2.45) is 0 Å². The van der Waals surface area contributed by atoms with E-state index in [2.05, 4.69) is 0 Å². The molecule has 0 unspecified atom stereocenters. The van der Waals surface area contributed by atoms with Gasteiger partial charge in [0.1, 0.15) is 12.2 Å². The Labute approximate surface area is 281 Å². The summed E-state index contributed by atoms with van der Waals surface area (Å²) in [5.41, 5.74) is 2.94. The summed E-state index contributed by atoms with van der Waals surface area (Å²) >= 11 is 0. The zero-order chi connectivity index (χ0) is 35.3. The van der Waals surface area contributed by atoms with Crippen LogP contribution in [0, 0.1) is 27.7 Å². The molecule has 0 spiro atoms. The Morgan fingerprint density at radius 2 is 0.583 bits per heavy atom. The fourth-order valence-corrected chi connectivity index (χ4v) is 8.11. The van der Waals surface area contributed by atoms with Crippen molar-refractivity contribution in [2.75, 3.05) is 13.2 Å². The molecule has 0 bridgehead atoms. The van der Waals surface area contributed by atoms with Gasteiger partial charge in [0.15, 0.2) is 0 Å². The van der Waals surface area contributed by atoms with Crippen LogP contribution in [-0.2, 0) is 57.2 Å². The van der Waals surface area contributed by atoms with Gasteiger partial charge < -0.3 is 0 Å². The number of rotatable bonds is 15. The quantitative estimate of drug-likeness (QED) is 0.156. The Kier molecular flexibility index (Phi) is 11.6. The molecular formula is C32H34O12S4. The lowest BCUT2D eigenvalue weighted by Gasteiger charge is -2.26. The first kappa shape index (κ1) is 37.3. The molecule has 0 saturated heterocycles. The van der Waals surface area contributed by atoms with E-state index in [1.165, 1.54) is 97.1 Å². The van der Waals surface area contributed by atoms with Gasteiger partial charge in [-0.2, -0.15) is 33.7 Å². The molecule has 48 heavy (non-hydrogen) atoms. The van der Waals surface area contributed by atoms with E-state index in [1.54, 1.807) is 27.7 Å². The molecule has 4 aromatic carbocycles. The highest BCUT2D eigenvalue weighted by Gasteiger charge is 2.37. The van der Waals surface area contributed by atoms with E-state index in [0.29, 0.717) is 0 Å². The maximum Gasteiger partial charge on any atom is 0.297 e. The van der Waals surface area contributed by atoms with Crippen molar-refractivity contribution in [3.63, 3.8) is 0 Å². The molecule has 0 N–H and O–H groups in total. The van der Waals surface area contributed by atoms with E-state index in [4.69, 9.17) is 16.7 Å². The van der Waals surface area contributed by atoms with Crippen LogP contribution in [0.15, 0.2) is 117 Å². The SMILES string of the molecule is Cc1ccc(S(=O)(=O)OC[C@H](OS(=O)(=O)c2ccc(C)cc2)[C@@H](COS(=O)(=O)c2ccc(C)cc2)OS(=O)(=O)c2ccc(C)cc2)cc1. The Morgan fingerprint density at radius 3 is 0.812 bits per heavy atom. The van der Waals surface area contributed by atoms with Crippen molar-refractivity contribution in [1.82, 2.24) is 0 Å². The van der Waals surface area contributed by atoms with Crippen LogP contribution >= 0.6 is 0 Å². The zero-order valence-electron chi connectivity index (χ0n) is 26.3. The molecule has 2 atom stereocenters. The second-order valence-corrected chi connectivity index (χ2v) is 17.3. The fraction of sp³-hybridized carbons (Fsp3) is 0.250. The second-order valence-electron chi connectivity index (χ2n) is 10.9. The summed E-state index contributed by atoms with van der Waals surface area (Å²) in [6.07, 6.45) is -4.16. The lowest BCUT2D eigenvalue weighted by molar-refractivity contribution is 0.00820. The average molecular weight is 739 g/mol. The van der Waals surface area contributed by atoms with Gasteiger partial charge in [-0.3, -0.25) is 16.7 Å². The van der Waals surface area contributed by atoms with Crippen molar-refractivity contribution in [3.05, 3.63) is 119 Å². The van der Waals surface area contributed by atoms with Gasteiger partial charge in [-0.1, -0.05) is 70.8 Å².